The minimum absolute atomic E-state index is 0.0146. The first kappa shape index (κ1) is 20.0. The summed E-state index contributed by atoms with van der Waals surface area (Å²) >= 11 is 1.54. The highest BCUT2D eigenvalue weighted by molar-refractivity contribution is 7.98. The van der Waals surface area contributed by atoms with Crippen LogP contribution in [0.25, 0.3) is 10.9 Å². The number of thioether (sulfide) groups is 1. The zero-order valence-corrected chi connectivity index (χ0v) is 18.1. The zero-order valence-electron chi connectivity index (χ0n) is 17.3. The molecule has 8 nitrogen and oxygen atoms in total. The summed E-state index contributed by atoms with van der Waals surface area (Å²) in [4.78, 5) is 41.0. The minimum atomic E-state index is -0.188. The third kappa shape index (κ3) is 3.89. The number of piperidine rings is 1. The van der Waals surface area contributed by atoms with Crippen molar-refractivity contribution >= 4 is 34.4 Å². The fourth-order valence-electron chi connectivity index (χ4n) is 4.86. The fraction of sp³-hybridized carbons (Fsp3) is 0.409. The number of nitrogens with one attached hydrogen (secondary N) is 1. The molecule has 9 heteroatoms. The molecule has 1 aliphatic heterocycles. The van der Waals surface area contributed by atoms with Crippen molar-refractivity contribution in [1.29, 1.82) is 0 Å². The van der Waals surface area contributed by atoms with Crippen LogP contribution in [0, 0.1) is 11.8 Å². The molecule has 2 aliphatic rings. The molecule has 1 aliphatic carbocycles. The summed E-state index contributed by atoms with van der Waals surface area (Å²) in [6, 6.07) is 9.28. The van der Waals surface area contributed by atoms with Gasteiger partial charge in [0.05, 0.1) is 17.2 Å². The average Bonchev–Trinajstić information content (AvgIpc) is 3.02. The highest BCUT2D eigenvalue weighted by atomic mass is 32.2. The first-order valence-corrected chi connectivity index (χ1v) is 11.7. The Labute approximate surface area is 184 Å². The number of aromatic nitrogens is 4. The van der Waals surface area contributed by atoms with Gasteiger partial charge in [0.15, 0.2) is 5.16 Å². The Morgan fingerprint density at radius 3 is 2.71 bits per heavy atom. The number of hydrogen-bond acceptors (Lipinski definition) is 7. The van der Waals surface area contributed by atoms with Crippen LogP contribution >= 0.6 is 11.8 Å². The Morgan fingerprint density at radius 1 is 1.16 bits per heavy atom. The van der Waals surface area contributed by atoms with Gasteiger partial charge in [-0.2, -0.15) is 0 Å². The summed E-state index contributed by atoms with van der Waals surface area (Å²) < 4.78 is 1.39. The van der Waals surface area contributed by atoms with E-state index in [0.717, 1.165) is 36.9 Å². The van der Waals surface area contributed by atoms with Crippen molar-refractivity contribution < 1.29 is 4.79 Å². The van der Waals surface area contributed by atoms with Gasteiger partial charge in [-0.15, -0.1) is 0 Å². The Kier molecular flexibility index (Phi) is 5.35. The molecule has 1 amide bonds. The zero-order chi connectivity index (χ0) is 21.4. The Balaban J connectivity index is 1.27. The lowest BCUT2D eigenvalue weighted by Crippen LogP contribution is -2.53. The largest absolute Gasteiger partial charge is 0.356 e. The second kappa shape index (κ2) is 8.30. The van der Waals surface area contributed by atoms with Gasteiger partial charge in [-0.25, -0.2) is 15.0 Å². The van der Waals surface area contributed by atoms with E-state index in [0.29, 0.717) is 22.7 Å². The van der Waals surface area contributed by atoms with Crippen molar-refractivity contribution in [3.8, 4) is 0 Å². The van der Waals surface area contributed by atoms with Crippen LogP contribution in [0.3, 0.4) is 0 Å². The number of hydrogen-bond donors (Lipinski definition) is 1. The van der Waals surface area contributed by atoms with Gasteiger partial charge in [-0.1, -0.05) is 23.9 Å². The average molecular weight is 437 g/mol. The molecule has 0 spiro atoms. The van der Waals surface area contributed by atoms with E-state index in [1.54, 1.807) is 24.4 Å². The maximum Gasteiger partial charge on any atom is 0.261 e. The van der Waals surface area contributed by atoms with E-state index < -0.39 is 0 Å². The molecule has 31 heavy (non-hydrogen) atoms. The molecule has 1 saturated carbocycles. The van der Waals surface area contributed by atoms with Crippen molar-refractivity contribution in [2.24, 2.45) is 11.8 Å². The normalized spacial score (nSPS) is 22.6. The number of nitrogens with zero attached hydrogens (tertiary/aromatic N) is 5. The minimum Gasteiger partial charge on any atom is -0.356 e. The SMILES string of the molecule is CSc1nccc(N2C[C@H]3CC[C@@H](C2)C3NC(=O)Cn2cnc3ccccc3c2=O)n1. The van der Waals surface area contributed by atoms with E-state index in [1.165, 1.54) is 22.7 Å². The number of rotatable bonds is 5. The van der Waals surface area contributed by atoms with Crippen LogP contribution in [-0.2, 0) is 11.3 Å². The number of para-hydroxylation sites is 1. The van der Waals surface area contributed by atoms with Gasteiger partial charge >= 0.3 is 0 Å². The first-order chi connectivity index (χ1) is 15.1. The summed E-state index contributed by atoms with van der Waals surface area (Å²) in [5.74, 6) is 1.57. The van der Waals surface area contributed by atoms with Crippen LogP contribution in [0.5, 0.6) is 0 Å². The summed E-state index contributed by atoms with van der Waals surface area (Å²) in [7, 11) is 0. The summed E-state index contributed by atoms with van der Waals surface area (Å²) in [6.07, 6.45) is 7.41. The summed E-state index contributed by atoms with van der Waals surface area (Å²) in [5.41, 5.74) is 0.454. The van der Waals surface area contributed by atoms with Gasteiger partial charge in [-0.3, -0.25) is 14.2 Å². The highest BCUT2D eigenvalue weighted by Crippen LogP contribution is 2.38. The smallest absolute Gasteiger partial charge is 0.261 e. The molecule has 3 aromatic rings. The number of carbonyl (C=O) groups is 1. The molecular formula is C22H24N6O2S. The molecule has 0 radical (unpaired) electrons. The first-order valence-electron chi connectivity index (χ1n) is 10.5. The van der Waals surface area contributed by atoms with Crippen molar-refractivity contribution in [1.82, 2.24) is 24.8 Å². The van der Waals surface area contributed by atoms with Crippen molar-refractivity contribution in [3.63, 3.8) is 0 Å². The Morgan fingerprint density at radius 2 is 1.94 bits per heavy atom. The van der Waals surface area contributed by atoms with Crippen molar-refractivity contribution in [3.05, 3.63) is 53.2 Å². The van der Waals surface area contributed by atoms with Gasteiger partial charge in [0, 0.05) is 25.3 Å². The molecule has 1 saturated heterocycles. The number of carbonyl (C=O) groups excluding carboxylic acids is 1. The summed E-state index contributed by atoms with van der Waals surface area (Å²) in [6.45, 7) is 1.72. The van der Waals surface area contributed by atoms with Gasteiger partial charge in [0.25, 0.3) is 5.56 Å². The predicted molar refractivity (Wildman–Crippen MR) is 120 cm³/mol. The Bertz CT molecular complexity index is 1170. The number of anilines is 1. The van der Waals surface area contributed by atoms with E-state index in [1.807, 2.05) is 18.4 Å². The monoisotopic (exact) mass is 436 g/mol. The lowest BCUT2D eigenvalue weighted by atomic mass is 9.92. The van der Waals surface area contributed by atoms with Crippen molar-refractivity contribution in [2.75, 3.05) is 24.2 Å². The third-order valence-electron chi connectivity index (χ3n) is 6.33. The lowest BCUT2D eigenvalue weighted by molar-refractivity contribution is -0.123. The maximum absolute atomic E-state index is 12.8. The van der Waals surface area contributed by atoms with E-state index in [9.17, 15) is 9.59 Å². The van der Waals surface area contributed by atoms with E-state index >= 15 is 0 Å². The van der Waals surface area contributed by atoms with Crippen LogP contribution in [0.4, 0.5) is 5.82 Å². The van der Waals surface area contributed by atoms with Gasteiger partial charge < -0.3 is 10.2 Å². The second-order valence-corrected chi connectivity index (χ2v) is 8.97. The van der Waals surface area contributed by atoms with E-state index in [-0.39, 0.29) is 24.1 Å². The van der Waals surface area contributed by atoms with Gasteiger partial charge in [0.2, 0.25) is 5.91 Å². The molecule has 3 heterocycles. The van der Waals surface area contributed by atoms with Crippen molar-refractivity contribution in [2.45, 2.75) is 30.6 Å². The third-order valence-corrected chi connectivity index (χ3v) is 6.89. The fourth-order valence-corrected chi connectivity index (χ4v) is 5.21. The van der Waals surface area contributed by atoms with Crippen LogP contribution in [0.2, 0.25) is 0 Å². The lowest BCUT2D eigenvalue weighted by Gasteiger charge is -2.39. The number of fused-ring (bicyclic) bond motifs is 3. The molecule has 3 atom stereocenters. The maximum atomic E-state index is 12.8. The van der Waals surface area contributed by atoms with Crippen LogP contribution in [-0.4, -0.2) is 50.8 Å². The molecular weight excluding hydrogens is 412 g/mol. The predicted octanol–water partition coefficient (Wildman–Crippen LogP) is 1.94. The molecule has 5 rings (SSSR count). The van der Waals surface area contributed by atoms with Crippen LogP contribution < -0.4 is 15.8 Å². The summed E-state index contributed by atoms with van der Waals surface area (Å²) in [5, 5.41) is 4.51. The number of amides is 1. The molecule has 160 valence electrons. The molecule has 1 N–H and O–H groups in total. The quantitative estimate of drug-likeness (QED) is 0.483. The van der Waals surface area contributed by atoms with Gasteiger partial charge in [-0.05, 0) is 49.1 Å². The molecule has 2 fully saturated rings. The van der Waals surface area contributed by atoms with E-state index in [4.69, 9.17) is 0 Å². The topological polar surface area (TPSA) is 93.0 Å². The van der Waals surface area contributed by atoms with E-state index in [2.05, 4.69) is 25.2 Å². The highest BCUT2D eigenvalue weighted by Gasteiger charge is 2.43. The molecule has 2 aromatic heterocycles. The molecule has 1 unspecified atom stereocenters. The molecule has 1 aromatic carbocycles. The standard InChI is InChI=1S/C22H24N6O2S/c1-31-22-23-9-8-18(25-22)27-10-14-6-7-15(11-27)20(14)26-19(29)12-28-13-24-17-5-3-2-4-16(17)21(28)30/h2-5,8-9,13-15,20H,6-7,10-12H2,1H3,(H,26,29)/t14-,15+,20?. The Hall–Kier alpha value is -2.94. The van der Waals surface area contributed by atoms with Crippen LogP contribution in [0.1, 0.15) is 12.8 Å². The van der Waals surface area contributed by atoms with Crippen LogP contribution in [0.15, 0.2) is 52.8 Å². The molecule has 2 bridgehead atoms. The number of benzene rings is 1. The van der Waals surface area contributed by atoms with Gasteiger partial charge in [0.1, 0.15) is 12.4 Å². The second-order valence-electron chi connectivity index (χ2n) is 8.19.